The molecule has 2 amide bonds. The number of carbonyl (C=O) groups excluding carboxylic acids is 2. The van der Waals surface area contributed by atoms with Crippen molar-refractivity contribution in [3.63, 3.8) is 0 Å². The number of carbonyl (C=O) groups is 2. The van der Waals surface area contributed by atoms with Crippen LogP contribution < -0.4 is 20.1 Å². The summed E-state index contributed by atoms with van der Waals surface area (Å²) in [5.41, 5.74) is 0.982. The molecule has 0 aliphatic carbocycles. The fraction of sp³-hybridized carbons (Fsp3) is 0.222. The lowest BCUT2D eigenvalue weighted by Gasteiger charge is -2.11. The highest BCUT2D eigenvalue weighted by molar-refractivity contribution is 5.96. The zero-order chi connectivity index (χ0) is 18.2. The molecule has 0 fully saturated rings. The molecule has 25 heavy (non-hydrogen) atoms. The number of hydrogen-bond acceptors (Lipinski definition) is 4. The number of benzene rings is 2. The highest BCUT2D eigenvalue weighted by atomic mass is 19.1. The molecule has 6 nitrogen and oxygen atoms in total. The summed E-state index contributed by atoms with van der Waals surface area (Å²) in [5.74, 6) is -0.223. The highest BCUT2D eigenvalue weighted by Gasteiger charge is 2.09. The van der Waals surface area contributed by atoms with Crippen LogP contribution in [0.3, 0.4) is 0 Å². The Morgan fingerprint density at radius 1 is 1.00 bits per heavy atom. The third-order valence-corrected chi connectivity index (χ3v) is 3.43. The van der Waals surface area contributed by atoms with Crippen LogP contribution in [0.15, 0.2) is 42.5 Å². The molecule has 0 unspecified atom stereocenters. The molecule has 2 aromatic carbocycles. The Morgan fingerprint density at radius 3 is 2.44 bits per heavy atom. The molecular formula is C18H19FN2O4. The lowest BCUT2D eigenvalue weighted by Crippen LogP contribution is -2.36. The largest absolute Gasteiger partial charge is 0.493 e. The van der Waals surface area contributed by atoms with Crippen molar-refractivity contribution in [1.82, 2.24) is 10.6 Å². The van der Waals surface area contributed by atoms with Gasteiger partial charge in [0.2, 0.25) is 5.91 Å². The summed E-state index contributed by atoms with van der Waals surface area (Å²) in [6.45, 7) is 0.0671. The van der Waals surface area contributed by atoms with E-state index in [1.54, 1.807) is 25.3 Å². The summed E-state index contributed by atoms with van der Waals surface area (Å²) in [7, 11) is 3.07. The number of halogens is 1. The van der Waals surface area contributed by atoms with E-state index in [0.29, 0.717) is 11.5 Å². The van der Waals surface area contributed by atoms with Crippen molar-refractivity contribution in [1.29, 1.82) is 0 Å². The maximum absolute atomic E-state index is 13.1. The Labute approximate surface area is 144 Å². The maximum atomic E-state index is 13.1. The Hall–Kier alpha value is -3.09. The van der Waals surface area contributed by atoms with Gasteiger partial charge in [-0.25, -0.2) is 4.39 Å². The average molecular weight is 346 g/mol. The fourth-order valence-electron chi connectivity index (χ4n) is 2.15. The van der Waals surface area contributed by atoms with Crippen molar-refractivity contribution < 1.29 is 23.5 Å². The van der Waals surface area contributed by atoms with Gasteiger partial charge in [-0.3, -0.25) is 9.59 Å². The van der Waals surface area contributed by atoms with E-state index in [2.05, 4.69) is 10.6 Å². The molecule has 0 spiro atoms. The lowest BCUT2D eigenvalue weighted by molar-refractivity contribution is -0.120. The van der Waals surface area contributed by atoms with Crippen LogP contribution in [0.4, 0.5) is 4.39 Å². The maximum Gasteiger partial charge on any atom is 0.251 e. The van der Waals surface area contributed by atoms with Crippen LogP contribution in [0, 0.1) is 5.82 Å². The zero-order valence-corrected chi connectivity index (χ0v) is 14.0. The molecule has 0 bridgehead atoms. The number of ether oxygens (including phenoxy) is 2. The van der Waals surface area contributed by atoms with Gasteiger partial charge in [-0.1, -0.05) is 12.1 Å². The van der Waals surface area contributed by atoms with Gasteiger partial charge in [0, 0.05) is 12.1 Å². The van der Waals surface area contributed by atoms with Gasteiger partial charge in [0.1, 0.15) is 5.82 Å². The van der Waals surface area contributed by atoms with Crippen molar-refractivity contribution in [3.05, 3.63) is 59.4 Å². The average Bonchev–Trinajstić information content (AvgIpc) is 2.64. The molecule has 0 aliphatic heterocycles. The van der Waals surface area contributed by atoms with E-state index in [1.165, 1.54) is 25.3 Å². The Balaban J connectivity index is 1.83. The van der Waals surface area contributed by atoms with Crippen molar-refractivity contribution >= 4 is 11.8 Å². The monoisotopic (exact) mass is 346 g/mol. The van der Waals surface area contributed by atoms with Crippen LogP contribution in [0.5, 0.6) is 11.5 Å². The molecular weight excluding hydrogens is 327 g/mol. The molecule has 2 rings (SSSR count). The first-order chi connectivity index (χ1) is 12.0. The van der Waals surface area contributed by atoms with E-state index in [4.69, 9.17) is 9.47 Å². The number of methoxy groups -OCH3 is 2. The normalized spacial score (nSPS) is 10.0. The van der Waals surface area contributed by atoms with Gasteiger partial charge in [-0.15, -0.1) is 0 Å². The van der Waals surface area contributed by atoms with Crippen molar-refractivity contribution in [2.24, 2.45) is 0 Å². The molecule has 0 radical (unpaired) electrons. The second-order valence-electron chi connectivity index (χ2n) is 5.16. The van der Waals surface area contributed by atoms with Gasteiger partial charge < -0.3 is 20.1 Å². The minimum absolute atomic E-state index is 0.160. The second kappa shape index (κ2) is 8.68. The SMILES string of the molecule is COc1ccc(CNC(=O)CNC(=O)c2cccc(F)c2)cc1OC. The third kappa shape index (κ3) is 5.20. The van der Waals surface area contributed by atoms with E-state index >= 15 is 0 Å². The van der Waals surface area contributed by atoms with Crippen LogP contribution >= 0.6 is 0 Å². The molecule has 0 saturated heterocycles. The molecule has 0 heterocycles. The minimum Gasteiger partial charge on any atom is -0.493 e. The van der Waals surface area contributed by atoms with Crippen LogP contribution in [0.2, 0.25) is 0 Å². The minimum atomic E-state index is -0.513. The molecule has 132 valence electrons. The molecule has 7 heteroatoms. The summed E-state index contributed by atoms with van der Waals surface area (Å²) in [6.07, 6.45) is 0. The van der Waals surface area contributed by atoms with Gasteiger partial charge in [0.15, 0.2) is 11.5 Å². The van der Waals surface area contributed by atoms with Crippen LogP contribution in [-0.2, 0) is 11.3 Å². The molecule has 2 aromatic rings. The van der Waals surface area contributed by atoms with Crippen molar-refractivity contribution in [2.75, 3.05) is 20.8 Å². The van der Waals surface area contributed by atoms with Gasteiger partial charge in [-0.05, 0) is 35.9 Å². The smallest absolute Gasteiger partial charge is 0.251 e. The second-order valence-corrected chi connectivity index (χ2v) is 5.16. The number of nitrogens with one attached hydrogen (secondary N) is 2. The molecule has 0 atom stereocenters. The van der Waals surface area contributed by atoms with Gasteiger partial charge in [0.25, 0.3) is 5.91 Å². The van der Waals surface area contributed by atoms with Crippen LogP contribution in [-0.4, -0.2) is 32.6 Å². The molecule has 2 N–H and O–H groups in total. The van der Waals surface area contributed by atoms with Gasteiger partial charge in [0.05, 0.1) is 20.8 Å². The van der Waals surface area contributed by atoms with Gasteiger partial charge in [-0.2, -0.15) is 0 Å². The predicted molar refractivity (Wildman–Crippen MR) is 90.1 cm³/mol. The summed E-state index contributed by atoms with van der Waals surface area (Å²) in [4.78, 5) is 23.7. The number of amides is 2. The van der Waals surface area contributed by atoms with E-state index < -0.39 is 11.7 Å². The third-order valence-electron chi connectivity index (χ3n) is 3.43. The predicted octanol–water partition coefficient (Wildman–Crippen LogP) is 1.89. The van der Waals surface area contributed by atoms with Crippen molar-refractivity contribution in [3.8, 4) is 11.5 Å². The standard InChI is InChI=1S/C18H19FN2O4/c1-24-15-7-6-12(8-16(15)25-2)10-20-17(22)11-21-18(23)13-4-3-5-14(19)9-13/h3-9H,10-11H2,1-2H3,(H,20,22)(H,21,23). The van der Waals surface area contributed by atoms with E-state index in [0.717, 1.165) is 11.6 Å². The lowest BCUT2D eigenvalue weighted by atomic mass is 10.2. The van der Waals surface area contributed by atoms with E-state index in [9.17, 15) is 14.0 Å². The first-order valence-corrected chi connectivity index (χ1v) is 7.55. The van der Waals surface area contributed by atoms with Crippen molar-refractivity contribution in [2.45, 2.75) is 6.54 Å². The molecule has 0 saturated carbocycles. The Bertz CT molecular complexity index is 764. The molecule has 0 aliphatic rings. The Kier molecular flexibility index (Phi) is 6.33. The summed E-state index contributed by atoms with van der Waals surface area (Å²) < 4.78 is 23.4. The number of rotatable bonds is 7. The fourth-order valence-corrected chi connectivity index (χ4v) is 2.15. The van der Waals surface area contributed by atoms with Crippen LogP contribution in [0.25, 0.3) is 0 Å². The number of hydrogen-bond donors (Lipinski definition) is 2. The molecule has 0 aromatic heterocycles. The Morgan fingerprint density at radius 2 is 1.76 bits per heavy atom. The summed E-state index contributed by atoms with van der Waals surface area (Å²) in [6, 6.07) is 10.5. The van der Waals surface area contributed by atoms with Gasteiger partial charge >= 0.3 is 0 Å². The summed E-state index contributed by atoms with van der Waals surface area (Å²) in [5, 5.41) is 5.12. The summed E-state index contributed by atoms with van der Waals surface area (Å²) >= 11 is 0. The van der Waals surface area contributed by atoms with E-state index in [-0.39, 0.29) is 24.6 Å². The van der Waals surface area contributed by atoms with Crippen LogP contribution in [0.1, 0.15) is 15.9 Å². The first kappa shape index (κ1) is 18.3. The topological polar surface area (TPSA) is 76.7 Å². The first-order valence-electron chi connectivity index (χ1n) is 7.55. The quantitative estimate of drug-likeness (QED) is 0.803. The highest BCUT2D eigenvalue weighted by Crippen LogP contribution is 2.27. The zero-order valence-electron chi connectivity index (χ0n) is 14.0. The van der Waals surface area contributed by atoms with E-state index in [1.807, 2.05) is 0 Å².